The molecule has 5 heteroatoms. The maximum Gasteiger partial charge on any atom is 0.319 e. The van der Waals surface area contributed by atoms with Crippen LogP contribution in [0.4, 0.5) is 8.78 Å². The lowest BCUT2D eigenvalue weighted by Gasteiger charge is -2.14. The number of carbonyl (C=O) groups is 1. The molecule has 0 fully saturated rings. The molecule has 0 aliphatic rings. The molecule has 1 unspecified atom stereocenters. The van der Waals surface area contributed by atoms with E-state index >= 15 is 0 Å². The number of carbonyl (C=O) groups excluding carboxylic acids is 1. The summed E-state index contributed by atoms with van der Waals surface area (Å²) in [6.07, 6.45) is 2.42. The smallest absolute Gasteiger partial charge is 0.319 e. The van der Waals surface area contributed by atoms with Crippen LogP contribution < -0.4 is 0 Å². The van der Waals surface area contributed by atoms with E-state index in [1.807, 2.05) is 6.92 Å². The van der Waals surface area contributed by atoms with Gasteiger partial charge in [-0.15, -0.1) is 11.8 Å². The van der Waals surface area contributed by atoms with Crippen molar-refractivity contribution in [3.63, 3.8) is 0 Å². The summed E-state index contributed by atoms with van der Waals surface area (Å²) in [7, 11) is 1.31. The first kappa shape index (κ1) is 15.0. The molecule has 0 aliphatic heterocycles. The van der Waals surface area contributed by atoms with Crippen LogP contribution in [-0.2, 0) is 9.53 Å². The van der Waals surface area contributed by atoms with E-state index in [-0.39, 0.29) is 10.9 Å². The van der Waals surface area contributed by atoms with Crippen molar-refractivity contribution >= 4 is 17.7 Å². The van der Waals surface area contributed by atoms with Crippen LogP contribution in [0.3, 0.4) is 0 Å². The highest BCUT2D eigenvalue weighted by atomic mass is 32.2. The molecule has 0 amide bonds. The normalized spacial score (nSPS) is 12.2. The van der Waals surface area contributed by atoms with E-state index in [0.29, 0.717) is 6.42 Å². The van der Waals surface area contributed by atoms with Crippen molar-refractivity contribution < 1.29 is 18.3 Å². The van der Waals surface area contributed by atoms with Gasteiger partial charge in [0.25, 0.3) is 0 Å². The molecule has 1 rings (SSSR count). The van der Waals surface area contributed by atoms with Crippen LogP contribution in [0.25, 0.3) is 0 Å². The summed E-state index contributed by atoms with van der Waals surface area (Å²) in [4.78, 5) is 11.8. The Morgan fingerprint density at radius 1 is 1.44 bits per heavy atom. The highest BCUT2D eigenvalue weighted by Gasteiger charge is 2.21. The van der Waals surface area contributed by atoms with Gasteiger partial charge >= 0.3 is 5.97 Å². The molecule has 0 aromatic heterocycles. The predicted octanol–water partition coefficient (Wildman–Crippen LogP) is 3.79. The van der Waals surface area contributed by atoms with E-state index in [4.69, 9.17) is 0 Å². The molecule has 1 aromatic rings. The second-order valence-electron chi connectivity index (χ2n) is 3.85. The van der Waals surface area contributed by atoms with Crippen LogP contribution in [0.2, 0.25) is 0 Å². The van der Waals surface area contributed by atoms with Gasteiger partial charge in [0.1, 0.15) is 16.9 Å². The average Bonchev–Trinajstić information content (AvgIpc) is 2.36. The molecule has 0 N–H and O–H groups in total. The standard InChI is InChI=1S/C13H16F2O2S/c1-3-4-5-12(13(16)17-2)18-11-7-6-9(14)8-10(11)15/h6-8,12H,3-5H2,1-2H3. The lowest BCUT2D eigenvalue weighted by Crippen LogP contribution is -2.18. The molecule has 0 saturated carbocycles. The average molecular weight is 274 g/mol. The zero-order valence-corrected chi connectivity index (χ0v) is 11.2. The second kappa shape index (κ2) is 7.36. The maximum absolute atomic E-state index is 13.5. The molecule has 0 heterocycles. The van der Waals surface area contributed by atoms with Crippen molar-refractivity contribution in [2.75, 3.05) is 7.11 Å². The number of benzene rings is 1. The first-order chi connectivity index (χ1) is 8.58. The summed E-state index contributed by atoms with van der Waals surface area (Å²) in [6, 6.07) is 3.34. The molecule has 100 valence electrons. The minimum atomic E-state index is -0.648. The maximum atomic E-state index is 13.5. The molecule has 0 bridgehead atoms. The van der Waals surface area contributed by atoms with Gasteiger partial charge in [0.05, 0.1) is 7.11 Å². The van der Waals surface area contributed by atoms with E-state index in [1.54, 1.807) is 0 Å². The number of esters is 1. The van der Waals surface area contributed by atoms with Crippen LogP contribution in [0, 0.1) is 11.6 Å². The second-order valence-corrected chi connectivity index (χ2v) is 5.09. The summed E-state index contributed by atoms with van der Waals surface area (Å²) in [5, 5.41) is -0.449. The SMILES string of the molecule is CCCCC(Sc1ccc(F)cc1F)C(=O)OC. The molecule has 0 radical (unpaired) electrons. The first-order valence-corrected chi connectivity index (χ1v) is 6.66. The molecule has 0 spiro atoms. The molecule has 18 heavy (non-hydrogen) atoms. The lowest BCUT2D eigenvalue weighted by atomic mass is 10.2. The number of halogens is 2. The number of rotatable bonds is 6. The van der Waals surface area contributed by atoms with Crippen LogP contribution in [0.5, 0.6) is 0 Å². The zero-order valence-electron chi connectivity index (χ0n) is 10.4. The van der Waals surface area contributed by atoms with Crippen molar-refractivity contribution in [2.24, 2.45) is 0 Å². The largest absolute Gasteiger partial charge is 0.468 e. The van der Waals surface area contributed by atoms with Gasteiger partial charge in [-0.2, -0.15) is 0 Å². The highest BCUT2D eigenvalue weighted by molar-refractivity contribution is 8.00. The number of thioether (sulfide) groups is 1. The van der Waals surface area contributed by atoms with E-state index in [0.717, 1.165) is 30.7 Å². The molecular weight excluding hydrogens is 258 g/mol. The van der Waals surface area contributed by atoms with Crippen molar-refractivity contribution in [3.05, 3.63) is 29.8 Å². The summed E-state index contributed by atoms with van der Waals surface area (Å²) in [5.41, 5.74) is 0. The van der Waals surface area contributed by atoms with Crippen LogP contribution in [0.1, 0.15) is 26.2 Å². The fraction of sp³-hybridized carbons (Fsp3) is 0.462. The minimum absolute atomic E-state index is 0.267. The van der Waals surface area contributed by atoms with E-state index in [1.165, 1.54) is 19.2 Å². The van der Waals surface area contributed by atoms with Gasteiger partial charge in [-0.1, -0.05) is 19.8 Å². The van der Waals surface area contributed by atoms with E-state index in [9.17, 15) is 13.6 Å². The summed E-state index contributed by atoms with van der Waals surface area (Å²) >= 11 is 1.08. The Balaban J connectivity index is 2.78. The predicted molar refractivity (Wildman–Crippen MR) is 67.5 cm³/mol. The third-order valence-corrected chi connectivity index (χ3v) is 3.74. The number of hydrogen-bond donors (Lipinski definition) is 0. The number of ether oxygens (including phenoxy) is 1. The van der Waals surface area contributed by atoms with Crippen molar-refractivity contribution in [1.82, 2.24) is 0 Å². The van der Waals surface area contributed by atoms with Gasteiger partial charge in [0.2, 0.25) is 0 Å². The van der Waals surface area contributed by atoms with Crippen LogP contribution in [-0.4, -0.2) is 18.3 Å². The van der Waals surface area contributed by atoms with Gasteiger partial charge in [0, 0.05) is 11.0 Å². The summed E-state index contributed by atoms with van der Waals surface area (Å²) < 4.78 is 30.9. The van der Waals surface area contributed by atoms with Gasteiger partial charge < -0.3 is 4.74 Å². The zero-order chi connectivity index (χ0) is 13.5. The fourth-order valence-corrected chi connectivity index (χ4v) is 2.57. The number of hydrogen-bond acceptors (Lipinski definition) is 3. The highest BCUT2D eigenvalue weighted by Crippen LogP contribution is 2.30. The molecule has 0 aliphatic carbocycles. The molecule has 2 nitrogen and oxygen atoms in total. The summed E-state index contributed by atoms with van der Waals surface area (Å²) in [6.45, 7) is 2.01. The van der Waals surface area contributed by atoms with Crippen molar-refractivity contribution in [2.45, 2.75) is 36.3 Å². The Morgan fingerprint density at radius 3 is 2.72 bits per heavy atom. The molecule has 1 atom stereocenters. The third-order valence-electron chi connectivity index (χ3n) is 2.45. The lowest BCUT2D eigenvalue weighted by molar-refractivity contribution is -0.140. The van der Waals surface area contributed by atoms with E-state index < -0.39 is 16.9 Å². The molecule has 0 saturated heterocycles. The van der Waals surface area contributed by atoms with Gasteiger partial charge in [-0.05, 0) is 18.6 Å². The Labute approximate surface area is 110 Å². The number of methoxy groups -OCH3 is 1. The third kappa shape index (κ3) is 4.29. The molecular formula is C13H16F2O2S. The fourth-order valence-electron chi connectivity index (χ4n) is 1.47. The molecule has 1 aromatic carbocycles. The van der Waals surface area contributed by atoms with Gasteiger partial charge in [0.15, 0.2) is 0 Å². The number of unbranched alkanes of at least 4 members (excludes halogenated alkanes) is 1. The Bertz CT molecular complexity index is 410. The van der Waals surface area contributed by atoms with Crippen LogP contribution in [0.15, 0.2) is 23.1 Å². The van der Waals surface area contributed by atoms with Crippen molar-refractivity contribution in [1.29, 1.82) is 0 Å². The Morgan fingerprint density at radius 2 is 2.17 bits per heavy atom. The topological polar surface area (TPSA) is 26.3 Å². The first-order valence-electron chi connectivity index (χ1n) is 5.78. The summed E-state index contributed by atoms with van der Waals surface area (Å²) in [5.74, 6) is -1.65. The monoisotopic (exact) mass is 274 g/mol. The van der Waals surface area contributed by atoms with Crippen molar-refractivity contribution in [3.8, 4) is 0 Å². The Hall–Kier alpha value is -1.10. The quantitative estimate of drug-likeness (QED) is 0.583. The minimum Gasteiger partial charge on any atom is -0.468 e. The van der Waals surface area contributed by atoms with Gasteiger partial charge in [-0.25, -0.2) is 8.78 Å². The van der Waals surface area contributed by atoms with Gasteiger partial charge in [-0.3, -0.25) is 4.79 Å². The Kier molecular flexibility index (Phi) is 6.12. The van der Waals surface area contributed by atoms with E-state index in [2.05, 4.69) is 4.74 Å². The van der Waals surface area contributed by atoms with Crippen LogP contribution >= 0.6 is 11.8 Å².